The van der Waals surface area contributed by atoms with Crippen molar-refractivity contribution in [1.82, 2.24) is 4.98 Å². The molecule has 1 saturated heterocycles. The molecule has 1 aromatic heterocycles. The van der Waals surface area contributed by atoms with Crippen molar-refractivity contribution in [2.75, 3.05) is 18.5 Å². The first-order valence-electron chi connectivity index (χ1n) is 6.13. The largest absolute Gasteiger partial charge is 0.378 e. The third-order valence-electron chi connectivity index (χ3n) is 3.06. The van der Waals surface area contributed by atoms with Crippen molar-refractivity contribution in [3.05, 3.63) is 27.9 Å². The molecule has 1 unspecified atom stereocenters. The van der Waals surface area contributed by atoms with Crippen LogP contribution in [0.4, 0.5) is 11.5 Å². The molecule has 1 aromatic rings. The van der Waals surface area contributed by atoms with Crippen LogP contribution in [0.1, 0.15) is 24.8 Å². The first-order valence-corrected chi connectivity index (χ1v) is 6.13. The van der Waals surface area contributed by atoms with Crippen molar-refractivity contribution in [3.8, 4) is 0 Å². The number of hydrogen-bond donors (Lipinski definition) is 1. The van der Waals surface area contributed by atoms with Gasteiger partial charge in [-0.1, -0.05) is 0 Å². The van der Waals surface area contributed by atoms with Crippen LogP contribution in [0.25, 0.3) is 0 Å². The lowest BCUT2D eigenvalue weighted by molar-refractivity contribution is -0.385. The van der Waals surface area contributed by atoms with Gasteiger partial charge in [-0.25, -0.2) is 4.98 Å². The number of aryl methyl sites for hydroxylation is 1. The Morgan fingerprint density at radius 1 is 1.67 bits per heavy atom. The number of anilines is 1. The van der Waals surface area contributed by atoms with E-state index in [-0.39, 0.29) is 5.69 Å². The zero-order valence-electron chi connectivity index (χ0n) is 10.4. The number of pyridine rings is 1. The Bertz CT molecular complexity index is 431. The minimum absolute atomic E-state index is 0.0252. The number of hydrogen-bond acceptors (Lipinski definition) is 5. The van der Waals surface area contributed by atoms with Crippen LogP contribution < -0.4 is 5.32 Å². The van der Waals surface area contributed by atoms with E-state index in [0.717, 1.165) is 38.0 Å². The van der Waals surface area contributed by atoms with Crippen LogP contribution in [-0.2, 0) is 4.74 Å². The zero-order valence-corrected chi connectivity index (χ0v) is 10.4. The maximum atomic E-state index is 10.6. The summed E-state index contributed by atoms with van der Waals surface area (Å²) in [6, 6.07) is 1.53. The highest BCUT2D eigenvalue weighted by Gasteiger charge is 2.15. The second-order valence-corrected chi connectivity index (χ2v) is 4.47. The molecule has 1 N–H and O–H groups in total. The van der Waals surface area contributed by atoms with Crippen LogP contribution in [0.3, 0.4) is 0 Å². The number of ether oxygens (including phenoxy) is 1. The lowest BCUT2D eigenvalue weighted by Gasteiger charge is -2.11. The molecule has 0 amide bonds. The molecule has 1 aliphatic rings. The van der Waals surface area contributed by atoms with E-state index in [0.29, 0.717) is 11.9 Å². The van der Waals surface area contributed by atoms with E-state index in [2.05, 4.69) is 10.3 Å². The minimum atomic E-state index is -0.434. The van der Waals surface area contributed by atoms with Crippen LogP contribution in [0.15, 0.2) is 12.3 Å². The second-order valence-electron chi connectivity index (χ2n) is 4.47. The van der Waals surface area contributed by atoms with Crippen molar-refractivity contribution in [2.24, 2.45) is 0 Å². The van der Waals surface area contributed by atoms with Gasteiger partial charge in [-0.3, -0.25) is 10.1 Å². The Balaban J connectivity index is 1.87. The fraction of sp³-hybridized carbons (Fsp3) is 0.583. The van der Waals surface area contributed by atoms with Gasteiger partial charge in [0.05, 0.1) is 11.0 Å². The van der Waals surface area contributed by atoms with E-state index < -0.39 is 4.92 Å². The maximum Gasteiger partial charge on any atom is 0.287 e. The molecule has 98 valence electrons. The number of nitrogens with one attached hydrogen (secondary N) is 1. The number of aromatic nitrogens is 1. The van der Waals surface area contributed by atoms with Crippen LogP contribution in [0, 0.1) is 17.0 Å². The van der Waals surface area contributed by atoms with Gasteiger partial charge in [-0.2, -0.15) is 0 Å². The summed E-state index contributed by atoms with van der Waals surface area (Å²) in [6.45, 7) is 3.45. The highest BCUT2D eigenvalue weighted by molar-refractivity contribution is 5.48. The maximum absolute atomic E-state index is 10.6. The summed E-state index contributed by atoms with van der Waals surface area (Å²) in [4.78, 5) is 14.2. The SMILES string of the molecule is Cc1cc([N+](=O)[O-])cnc1NCCC1CCCO1. The monoisotopic (exact) mass is 251 g/mol. The summed E-state index contributed by atoms with van der Waals surface area (Å²) >= 11 is 0. The van der Waals surface area contributed by atoms with Crippen molar-refractivity contribution in [1.29, 1.82) is 0 Å². The molecule has 0 bridgehead atoms. The highest BCUT2D eigenvalue weighted by atomic mass is 16.6. The first kappa shape index (κ1) is 12.8. The molecule has 6 heteroatoms. The minimum Gasteiger partial charge on any atom is -0.378 e. The summed E-state index contributed by atoms with van der Waals surface area (Å²) in [5.41, 5.74) is 0.814. The molecule has 2 rings (SSSR count). The third kappa shape index (κ3) is 3.16. The predicted molar refractivity (Wildman–Crippen MR) is 67.7 cm³/mol. The number of rotatable bonds is 5. The Morgan fingerprint density at radius 3 is 3.11 bits per heavy atom. The molecule has 0 radical (unpaired) electrons. The summed E-state index contributed by atoms with van der Waals surface area (Å²) in [6.07, 6.45) is 4.82. The van der Waals surface area contributed by atoms with Gasteiger partial charge < -0.3 is 10.1 Å². The Hall–Kier alpha value is -1.69. The fourth-order valence-electron chi connectivity index (χ4n) is 2.07. The van der Waals surface area contributed by atoms with Crippen LogP contribution in [0.5, 0.6) is 0 Å². The fourth-order valence-corrected chi connectivity index (χ4v) is 2.07. The van der Waals surface area contributed by atoms with Crippen molar-refractivity contribution in [2.45, 2.75) is 32.3 Å². The predicted octanol–water partition coefficient (Wildman–Crippen LogP) is 2.28. The van der Waals surface area contributed by atoms with Gasteiger partial charge in [0.2, 0.25) is 0 Å². The van der Waals surface area contributed by atoms with Gasteiger partial charge in [-0.15, -0.1) is 0 Å². The van der Waals surface area contributed by atoms with Crippen molar-refractivity contribution in [3.63, 3.8) is 0 Å². The number of nitro groups is 1. The average molecular weight is 251 g/mol. The van der Waals surface area contributed by atoms with Gasteiger partial charge in [0.25, 0.3) is 5.69 Å². The molecule has 0 aliphatic carbocycles. The van der Waals surface area contributed by atoms with Crippen molar-refractivity contribution >= 4 is 11.5 Å². The molecular weight excluding hydrogens is 234 g/mol. The summed E-state index contributed by atoms with van der Waals surface area (Å²) in [5, 5.41) is 13.8. The Labute approximate surface area is 106 Å². The molecule has 0 aromatic carbocycles. The van der Waals surface area contributed by atoms with Gasteiger partial charge >= 0.3 is 0 Å². The normalized spacial score (nSPS) is 18.8. The highest BCUT2D eigenvalue weighted by Crippen LogP contribution is 2.19. The zero-order chi connectivity index (χ0) is 13.0. The Kier molecular flexibility index (Phi) is 4.09. The topological polar surface area (TPSA) is 77.3 Å². The van der Waals surface area contributed by atoms with E-state index in [9.17, 15) is 10.1 Å². The summed E-state index contributed by atoms with van der Waals surface area (Å²) in [7, 11) is 0. The van der Waals surface area contributed by atoms with Gasteiger partial charge in [0, 0.05) is 19.2 Å². The van der Waals surface area contributed by atoms with E-state index in [1.807, 2.05) is 6.92 Å². The Morgan fingerprint density at radius 2 is 2.50 bits per heavy atom. The molecule has 1 aliphatic heterocycles. The molecular formula is C12H17N3O3. The van der Waals surface area contributed by atoms with E-state index >= 15 is 0 Å². The van der Waals surface area contributed by atoms with Gasteiger partial charge in [-0.05, 0) is 31.7 Å². The van der Waals surface area contributed by atoms with E-state index in [1.54, 1.807) is 0 Å². The average Bonchev–Trinajstić information content (AvgIpc) is 2.84. The van der Waals surface area contributed by atoms with Crippen molar-refractivity contribution < 1.29 is 9.66 Å². The molecule has 1 atom stereocenters. The molecule has 0 saturated carbocycles. The van der Waals surface area contributed by atoms with Gasteiger partial charge in [0.15, 0.2) is 0 Å². The molecule has 6 nitrogen and oxygen atoms in total. The van der Waals surface area contributed by atoms with Crippen LogP contribution in [0.2, 0.25) is 0 Å². The first-order chi connectivity index (χ1) is 8.66. The summed E-state index contributed by atoms with van der Waals surface area (Å²) in [5.74, 6) is 0.707. The lowest BCUT2D eigenvalue weighted by Crippen LogP contribution is -2.13. The number of nitrogens with zero attached hydrogens (tertiary/aromatic N) is 2. The quantitative estimate of drug-likeness (QED) is 0.641. The molecule has 2 heterocycles. The molecule has 18 heavy (non-hydrogen) atoms. The molecule has 0 spiro atoms. The van der Waals surface area contributed by atoms with Gasteiger partial charge in [0.1, 0.15) is 12.0 Å². The van der Waals surface area contributed by atoms with E-state index in [1.165, 1.54) is 12.3 Å². The smallest absolute Gasteiger partial charge is 0.287 e. The van der Waals surface area contributed by atoms with Crippen LogP contribution in [-0.4, -0.2) is 29.2 Å². The third-order valence-corrected chi connectivity index (χ3v) is 3.06. The van der Waals surface area contributed by atoms with E-state index in [4.69, 9.17) is 4.74 Å². The molecule has 1 fully saturated rings. The summed E-state index contributed by atoms with van der Waals surface area (Å²) < 4.78 is 5.52. The van der Waals surface area contributed by atoms with Crippen LogP contribution >= 0.6 is 0 Å². The lowest BCUT2D eigenvalue weighted by atomic mass is 10.2. The second kappa shape index (κ2) is 5.77. The standard InChI is InChI=1S/C12H17N3O3/c1-9-7-10(15(16)17)8-14-12(9)13-5-4-11-3-2-6-18-11/h7-8,11H,2-6H2,1H3,(H,13,14).